The number of pyridine rings is 1. The molecule has 3 nitrogen and oxygen atoms in total. The molecule has 0 aliphatic heterocycles. The van der Waals surface area contributed by atoms with E-state index in [2.05, 4.69) is 24.0 Å². The Kier molecular flexibility index (Phi) is 3.59. The lowest BCUT2D eigenvalue weighted by Crippen LogP contribution is -2.02. The van der Waals surface area contributed by atoms with Gasteiger partial charge in [0, 0.05) is 17.1 Å². The monoisotopic (exact) mass is 230 g/mol. The Labute approximate surface area is 102 Å². The van der Waals surface area contributed by atoms with Gasteiger partial charge in [0.1, 0.15) is 5.75 Å². The highest BCUT2D eigenvalue weighted by Gasteiger charge is 2.04. The highest BCUT2D eigenvalue weighted by Crippen LogP contribution is 2.23. The normalized spacial score (nSPS) is 10.8. The van der Waals surface area contributed by atoms with E-state index in [9.17, 15) is 0 Å². The number of hydrogen-bond donors (Lipinski definition) is 1. The van der Waals surface area contributed by atoms with Crippen LogP contribution in [0.3, 0.4) is 0 Å². The molecule has 0 unspecified atom stereocenters. The average Bonchev–Trinajstić information content (AvgIpc) is 2.35. The first-order valence-electron chi connectivity index (χ1n) is 5.89. The van der Waals surface area contributed by atoms with Gasteiger partial charge in [0.05, 0.1) is 12.6 Å². The fraction of sp³-hybridized carbons (Fsp3) is 0.357. The third-order valence-corrected chi connectivity index (χ3v) is 2.91. The van der Waals surface area contributed by atoms with E-state index in [-0.39, 0.29) is 0 Å². The third-order valence-electron chi connectivity index (χ3n) is 2.91. The van der Waals surface area contributed by atoms with Gasteiger partial charge >= 0.3 is 0 Å². The van der Waals surface area contributed by atoms with Crippen LogP contribution >= 0.6 is 0 Å². The zero-order chi connectivity index (χ0) is 12.3. The van der Waals surface area contributed by atoms with Crippen molar-refractivity contribution in [2.75, 3.05) is 13.7 Å². The Hall–Kier alpha value is -1.61. The molecular formula is C14H18N2O. The molecule has 1 aromatic carbocycles. The van der Waals surface area contributed by atoms with Crippen LogP contribution < -0.4 is 10.5 Å². The van der Waals surface area contributed by atoms with Crippen LogP contribution in [0, 0.1) is 6.92 Å². The largest absolute Gasteiger partial charge is 0.497 e. The zero-order valence-corrected chi connectivity index (χ0v) is 10.4. The van der Waals surface area contributed by atoms with Crippen molar-refractivity contribution in [2.24, 2.45) is 5.73 Å². The molecule has 0 saturated carbocycles. The van der Waals surface area contributed by atoms with E-state index in [1.54, 1.807) is 7.11 Å². The number of benzene rings is 1. The Morgan fingerprint density at radius 1 is 1.29 bits per heavy atom. The maximum Gasteiger partial charge on any atom is 0.121 e. The fourth-order valence-electron chi connectivity index (χ4n) is 1.99. The van der Waals surface area contributed by atoms with Crippen LogP contribution in [0.4, 0.5) is 0 Å². The van der Waals surface area contributed by atoms with Gasteiger partial charge in [-0.05, 0) is 50.1 Å². The maximum atomic E-state index is 5.52. The van der Waals surface area contributed by atoms with Crippen LogP contribution in [0.2, 0.25) is 0 Å². The van der Waals surface area contributed by atoms with Crippen molar-refractivity contribution in [3.63, 3.8) is 0 Å². The molecule has 2 aromatic rings. The SMILES string of the molecule is COc1ccc2c(C)cc(CCCN)nc2c1. The summed E-state index contributed by atoms with van der Waals surface area (Å²) in [5.74, 6) is 0.848. The van der Waals surface area contributed by atoms with Crippen molar-refractivity contribution in [3.8, 4) is 5.75 Å². The van der Waals surface area contributed by atoms with E-state index in [4.69, 9.17) is 10.5 Å². The number of aryl methyl sites for hydroxylation is 2. The van der Waals surface area contributed by atoms with Gasteiger partial charge < -0.3 is 10.5 Å². The number of fused-ring (bicyclic) bond motifs is 1. The first-order valence-corrected chi connectivity index (χ1v) is 5.89. The van der Waals surface area contributed by atoms with Gasteiger partial charge in [-0.2, -0.15) is 0 Å². The molecule has 0 amide bonds. The second kappa shape index (κ2) is 5.15. The summed E-state index contributed by atoms with van der Waals surface area (Å²) < 4.78 is 5.22. The molecule has 2 rings (SSSR count). The summed E-state index contributed by atoms with van der Waals surface area (Å²) in [6.07, 6.45) is 1.91. The molecule has 0 spiro atoms. The summed E-state index contributed by atoms with van der Waals surface area (Å²) in [5.41, 5.74) is 8.88. The summed E-state index contributed by atoms with van der Waals surface area (Å²) in [6.45, 7) is 2.82. The number of rotatable bonds is 4. The third kappa shape index (κ3) is 2.56. The number of nitrogens with two attached hydrogens (primary N) is 1. The smallest absolute Gasteiger partial charge is 0.121 e. The van der Waals surface area contributed by atoms with Gasteiger partial charge in [0.25, 0.3) is 0 Å². The minimum Gasteiger partial charge on any atom is -0.497 e. The van der Waals surface area contributed by atoms with Gasteiger partial charge in [-0.1, -0.05) is 0 Å². The molecular weight excluding hydrogens is 212 g/mol. The van der Waals surface area contributed by atoms with Crippen LogP contribution in [0.25, 0.3) is 10.9 Å². The lowest BCUT2D eigenvalue weighted by molar-refractivity contribution is 0.415. The number of hydrogen-bond acceptors (Lipinski definition) is 3. The van der Waals surface area contributed by atoms with Crippen molar-refractivity contribution < 1.29 is 4.74 Å². The molecule has 1 heterocycles. The lowest BCUT2D eigenvalue weighted by atomic mass is 10.1. The highest BCUT2D eigenvalue weighted by molar-refractivity contribution is 5.83. The molecule has 0 aliphatic rings. The molecule has 2 N–H and O–H groups in total. The second-order valence-electron chi connectivity index (χ2n) is 4.21. The summed E-state index contributed by atoms with van der Waals surface area (Å²) >= 11 is 0. The van der Waals surface area contributed by atoms with Crippen LogP contribution in [0.5, 0.6) is 5.75 Å². The van der Waals surface area contributed by atoms with E-state index in [0.29, 0.717) is 6.54 Å². The van der Waals surface area contributed by atoms with Crippen LogP contribution in [-0.2, 0) is 6.42 Å². The number of aromatic nitrogens is 1. The molecule has 1 aromatic heterocycles. The predicted octanol–water partition coefficient (Wildman–Crippen LogP) is 2.44. The molecule has 0 radical (unpaired) electrons. The molecule has 3 heteroatoms. The van der Waals surface area contributed by atoms with E-state index in [1.807, 2.05) is 12.1 Å². The first-order chi connectivity index (χ1) is 8.24. The molecule has 90 valence electrons. The maximum absolute atomic E-state index is 5.52. The van der Waals surface area contributed by atoms with E-state index >= 15 is 0 Å². The van der Waals surface area contributed by atoms with Gasteiger partial charge in [0.2, 0.25) is 0 Å². The Balaban J connectivity index is 2.46. The Bertz CT molecular complexity index is 523. The average molecular weight is 230 g/mol. The zero-order valence-electron chi connectivity index (χ0n) is 10.4. The highest BCUT2D eigenvalue weighted by atomic mass is 16.5. The van der Waals surface area contributed by atoms with Crippen molar-refractivity contribution in [2.45, 2.75) is 19.8 Å². The summed E-state index contributed by atoms with van der Waals surface area (Å²) in [7, 11) is 1.67. The molecule has 0 bridgehead atoms. The summed E-state index contributed by atoms with van der Waals surface area (Å²) in [4.78, 5) is 4.65. The predicted molar refractivity (Wildman–Crippen MR) is 70.4 cm³/mol. The topological polar surface area (TPSA) is 48.1 Å². The minimum absolute atomic E-state index is 0.705. The molecule has 0 saturated heterocycles. The van der Waals surface area contributed by atoms with E-state index in [0.717, 1.165) is 29.8 Å². The van der Waals surface area contributed by atoms with Gasteiger partial charge in [-0.25, -0.2) is 0 Å². The van der Waals surface area contributed by atoms with Crippen molar-refractivity contribution >= 4 is 10.9 Å². The summed E-state index contributed by atoms with van der Waals surface area (Å²) in [5, 5.41) is 1.18. The van der Waals surface area contributed by atoms with Gasteiger partial charge in [-0.3, -0.25) is 4.98 Å². The van der Waals surface area contributed by atoms with Crippen LogP contribution in [-0.4, -0.2) is 18.6 Å². The number of nitrogens with zero attached hydrogens (tertiary/aromatic N) is 1. The van der Waals surface area contributed by atoms with Gasteiger partial charge in [0.15, 0.2) is 0 Å². The van der Waals surface area contributed by atoms with Crippen molar-refractivity contribution in [1.29, 1.82) is 0 Å². The van der Waals surface area contributed by atoms with Crippen molar-refractivity contribution in [3.05, 3.63) is 35.5 Å². The van der Waals surface area contributed by atoms with Crippen LogP contribution in [0.1, 0.15) is 17.7 Å². The Morgan fingerprint density at radius 3 is 2.82 bits per heavy atom. The molecule has 0 aliphatic carbocycles. The number of methoxy groups -OCH3 is 1. The second-order valence-corrected chi connectivity index (χ2v) is 4.21. The molecule has 17 heavy (non-hydrogen) atoms. The summed E-state index contributed by atoms with van der Waals surface area (Å²) in [6, 6.07) is 8.15. The van der Waals surface area contributed by atoms with Crippen molar-refractivity contribution in [1.82, 2.24) is 4.98 Å². The van der Waals surface area contributed by atoms with Crippen LogP contribution in [0.15, 0.2) is 24.3 Å². The Morgan fingerprint density at radius 2 is 2.12 bits per heavy atom. The van der Waals surface area contributed by atoms with E-state index in [1.165, 1.54) is 10.9 Å². The molecule has 0 atom stereocenters. The number of ether oxygens (including phenoxy) is 1. The quantitative estimate of drug-likeness (QED) is 0.877. The first kappa shape index (κ1) is 11.9. The van der Waals surface area contributed by atoms with E-state index < -0.39 is 0 Å². The molecule has 0 fully saturated rings. The standard InChI is InChI=1S/C14H18N2O/c1-10-8-11(4-3-7-15)16-14-9-12(17-2)5-6-13(10)14/h5-6,8-9H,3-4,7,15H2,1-2H3. The lowest BCUT2D eigenvalue weighted by Gasteiger charge is -2.07. The fourth-order valence-corrected chi connectivity index (χ4v) is 1.99. The van der Waals surface area contributed by atoms with Gasteiger partial charge in [-0.15, -0.1) is 0 Å². The minimum atomic E-state index is 0.705.